The Labute approximate surface area is 155 Å². The van der Waals surface area contributed by atoms with Gasteiger partial charge in [-0.25, -0.2) is 14.2 Å². The Morgan fingerprint density at radius 1 is 1.37 bits per heavy atom. The summed E-state index contributed by atoms with van der Waals surface area (Å²) in [6.45, 7) is 1.28. The molecule has 0 radical (unpaired) electrons. The molecule has 1 aromatic heterocycles. The van der Waals surface area contributed by atoms with E-state index in [-0.39, 0.29) is 11.9 Å². The SMILES string of the molecule is O=C(Nc1nc2ccc(Cl)cc2[nH]1)C(F)C1CCNC1.O=C(O)C(F)(F)F. The molecule has 1 fully saturated rings. The summed E-state index contributed by atoms with van der Waals surface area (Å²) in [5.41, 5.74) is 1.37. The number of amides is 1. The first kappa shape index (κ1) is 20.9. The van der Waals surface area contributed by atoms with Gasteiger partial charge in [-0.15, -0.1) is 0 Å². The lowest BCUT2D eigenvalue weighted by atomic mass is 10.0. The minimum Gasteiger partial charge on any atom is -0.475 e. The highest BCUT2D eigenvalue weighted by molar-refractivity contribution is 6.31. The number of aliphatic carboxylic acids is 1. The van der Waals surface area contributed by atoms with Crippen LogP contribution < -0.4 is 10.6 Å². The first-order chi connectivity index (χ1) is 12.6. The summed E-state index contributed by atoms with van der Waals surface area (Å²) >= 11 is 5.87. The monoisotopic (exact) mass is 410 g/mol. The minimum absolute atomic E-state index is 0.237. The van der Waals surface area contributed by atoms with Crippen molar-refractivity contribution in [3.63, 3.8) is 0 Å². The molecule has 0 saturated carbocycles. The summed E-state index contributed by atoms with van der Waals surface area (Å²) < 4.78 is 45.7. The second kappa shape index (κ2) is 8.53. The number of imidazole rings is 1. The lowest BCUT2D eigenvalue weighted by Crippen LogP contribution is -2.32. The molecule has 2 unspecified atom stereocenters. The molecular weight excluding hydrogens is 396 g/mol. The molecule has 12 heteroatoms. The predicted octanol–water partition coefficient (Wildman–Crippen LogP) is 2.74. The number of benzene rings is 1. The molecule has 3 rings (SSSR count). The Hall–Kier alpha value is -2.40. The van der Waals surface area contributed by atoms with Gasteiger partial charge in [0.15, 0.2) is 6.17 Å². The summed E-state index contributed by atoms with van der Waals surface area (Å²) in [6.07, 6.45) is -5.94. The number of H-pyrrole nitrogens is 1. The number of aromatic amines is 1. The average Bonchev–Trinajstić information content (AvgIpc) is 3.22. The van der Waals surface area contributed by atoms with Crippen LogP contribution in [0.2, 0.25) is 5.02 Å². The van der Waals surface area contributed by atoms with Crippen molar-refractivity contribution in [2.75, 3.05) is 18.4 Å². The standard InChI is InChI=1S/C13H14ClFN4O.C2HF3O2/c14-8-1-2-9-10(5-8)18-13(17-9)19-12(20)11(15)7-3-4-16-6-7;3-2(4,5)1(6)7/h1-2,5,7,11,16H,3-4,6H2,(H2,17,18,19,20);(H,6,7). The molecule has 7 nitrogen and oxygen atoms in total. The fraction of sp³-hybridized carbons (Fsp3) is 0.400. The van der Waals surface area contributed by atoms with Crippen LogP contribution in [0.25, 0.3) is 11.0 Å². The Balaban J connectivity index is 0.000000321. The predicted molar refractivity (Wildman–Crippen MR) is 89.3 cm³/mol. The van der Waals surface area contributed by atoms with Gasteiger partial charge in [0.25, 0.3) is 5.91 Å². The zero-order chi connectivity index (χ0) is 20.2. The van der Waals surface area contributed by atoms with Crippen molar-refractivity contribution in [3.8, 4) is 0 Å². The number of nitrogens with zero attached hydrogens (tertiary/aromatic N) is 1. The third kappa shape index (κ3) is 5.79. The first-order valence-electron chi connectivity index (χ1n) is 7.69. The lowest BCUT2D eigenvalue weighted by molar-refractivity contribution is -0.192. The molecule has 1 aliphatic heterocycles. The van der Waals surface area contributed by atoms with Crippen LogP contribution in [0.4, 0.5) is 23.5 Å². The van der Waals surface area contributed by atoms with Crippen molar-refractivity contribution in [3.05, 3.63) is 23.2 Å². The Bertz CT molecular complexity index is 821. The summed E-state index contributed by atoms with van der Waals surface area (Å²) in [7, 11) is 0. The second-order valence-electron chi connectivity index (χ2n) is 5.69. The Kier molecular flexibility index (Phi) is 6.60. The molecule has 2 aromatic rings. The van der Waals surface area contributed by atoms with Gasteiger partial charge in [-0.05, 0) is 31.2 Å². The van der Waals surface area contributed by atoms with Gasteiger partial charge < -0.3 is 15.4 Å². The van der Waals surface area contributed by atoms with Crippen LogP contribution in [-0.2, 0) is 9.59 Å². The van der Waals surface area contributed by atoms with Crippen LogP contribution in [0.15, 0.2) is 18.2 Å². The van der Waals surface area contributed by atoms with Gasteiger partial charge in [-0.1, -0.05) is 11.6 Å². The van der Waals surface area contributed by atoms with Gasteiger partial charge in [-0.3, -0.25) is 10.1 Å². The highest BCUT2D eigenvalue weighted by Crippen LogP contribution is 2.21. The maximum absolute atomic E-state index is 14.0. The average molecular weight is 411 g/mol. The van der Waals surface area contributed by atoms with Gasteiger partial charge in [0.2, 0.25) is 5.95 Å². The molecule has 27 heavy (non-hydrogen) atoms. The van der Waals surface area contributed by atoms with Crippen LogP contribution >= 0.6 is 11.6 Å². The number of halogens is 5. The van der Waals surface area contributed by atoms with E-state index in [4.69, 9.17) is 21.5 Å². The van der Waals surface area contributed by atoms with Crippen molar-refractivity contribution in [2.45, 2.75) is 18.8 Å². The molecule has 2 atom stereocenters. The van der Waals surface area contributed by atoms with Crippen molar-refractivity contribution in [1.29, 1.82) is 0 Å². The molecule has 1 saturated heterocycles. The first-order valence-corrected chi connectivity index (χ1v) is 8.06. The van der Waals surface area contributed by atoms with Crippen molar-refractivity contribution >= 4 is 40.5 Å². The topological polar surface area (TPSA) is 107 Å². The summed E-state index contributed by atoms with van der Waals surface area (Å²) in [6, 6.07) is 5.14. The molecule has 1 aromatic carbocycles. The number of anilines is 1. The Morgan fingerprint density at radius 3 is 2.59 bits per heavy atom. The van der Waals surface area contributed by atoms with Gasteiger partial charge in [0.05, 0.1) is 11.0 Å². The molecule has 4 N–H and O–H groups in total. The van der Waals surface area contributed by atoms with E-state index < -0.39 is 24.2 Å². The smallest absolute Gasteiger partial charge is 0.475 e. The maximum Gasteiger partial charge on any atom is 0.490 e. The van der Waals surface area contributed by atoms with E-state index in [1.54, 1.807) is 18.2 Å². The molecule has 2 heterocycles. The second-order valence-corrected chi connectivity index (χ2v) is 6.13. The minimum atomic E-state index is -5.08. The third-order valence-electron chi connectivity index (χ3n) is 3.69. The molecule has 1 aliphatic rings. The maximum atomic E-state index is 14.0. The summed E-state index contributed by atoms with van der Waals surface area (Å²) in [5, 5.41) is 13.2. The van der Waals surface area contributed by atoms with Crippen LogP contribution in [0.3, 0.4) is 0 Å². The number of alkyl halides is 4. The van der Waals surface area contributed by atoms with Crippen LogP contribution in [0.1, 0.15) is 6.42 Å². The molecule has 0 bridgehead atoms. The van der Waals surface area contributed by atoms with E-state index in [1.807, 2.05) is 0 Å². The van der Waals surface area contributed by atoms with E-state index in [9.17, 15) is 22.4 Å². The molecule has 0 spiro atoms. The quantitative estimate of drug-likeness (QED) is 0.582. The molecular formula is C15H15ClF4N4O3. The highest BCUT2D eigenvalue weighted by atomic mass is 35.5. The number of aromatic nitrogens is 2. The van der Waals surface area contributed by atoms with E-state index in [1.165, 1.54) is 0 Å². The van der Waals surface area contributed by atoms with Crippen molar-refractivity contribution in [2.24, 2.45) is 5.92 Å². The number of hydrogen-bond donors (Lipinski definition) is 4. The Morgan fingerprint density at radius 2 is 2.04 bits per heavy atom. The number of carboxylic acids is 1. The van der Waals surface area contributed by atoms with E-state index in [2.05, 4.69) is 20.6 Å². The fourth-order valence-electron chi connectivity index (χ4n) is 2.37. The largest absolute Gasteiger partial charge is 0.490 e. The normalized spacial score (nSPS) is 17.9. The fourth-order valence-corrected chi connectivity index (χ4v) is 2.54. The zero-order valence-electron chi connectivity index (χ0n) is 13.6. The van der Waals surface area contributed by atoms with Gasteiger partial charge in [0.1, 0.15) is 0 Å². The van der Waals surface area contributed by atoms with E-state index >= 15 is 0 Å². The van der Waals surface area contributed by atoms with Crippen LogP contribution in [0.5, 0.6) is 0 Å². The van der Waals surface area contributed by atoms with E-state index in [0.717, 1.165) is 6.54 Å². The van der Waals surface area contributed by atoms with Gasteiger partial charge in [-0.2, -0.15) is 13.2 Å². The number of nitrogens with one attached hydrogen (secondary N) is 3. The number of carboxylic acid groups (broad SMARTS) is 1. The van der Waals surface area contributed by atoms with Crippen molar-refractivity contribution < 1.29 is 32.3 Å². The van der Waals surface area contributed by atoms with E-state index in [0.29, 0.717) is 29.0 Å². The number of carbonyl (C=O) groups excluding carboxylic acids is 1. The highest BCUT2D eigenvalue weighted by Gasteiger charge is 2.38. The van der Waals surface area contributed by atoms with Gasteiger partial charge in [0, 0.05) is 17.5 Å². The number of rotatable bonds is 3. The van der Waals surface area contributed by atoms with Crippen LogP contribution in [0, 0.1) is 5.92 Å². The molecule has 148 valence electrons. The molecule has 1 amide bonds. The lowest BCUT2D eigenvalue weighted by Gasteiger charge is -2.13. The summed E-state index contributed by atoms with van der Waals surface area (Å²) in [5.74, 6) is -3.45. The summed E-state index contributed by atoms with van der Waals surface area (Å²) in [4.78, 5) is 27.8. The van der Waals surface area contributed by atoms with Crippen molar-refractivity contribution in [1.82, 2.24) is 15.3 Å². The van der Waals surface area contributed by atoms with Crippen LogP contribution in [-0.4, -0.2) is 52.4 Å². The third-order valence-corrected chi connectivity index (χ3v) is 3.93. The number of fused-ring (bicyclic) bond motifs is 1. The zero-order valence-corrected chi connectivity index (χ0v) is 14.4. The van der Waals surface area contributed by atoms with Gasteiger partial charge >= 0.3 is 12.1 Å². The number of hydrogen-bond acceptors (Lipinski definition) is 4. The number of carbonyl (C=O) groups is 2. The molecule has 0 aliphatic carbocycles.